The summed E-state index contributed by atoms with van der Waals surface area (Å²) in [5, 5.41) is 6.79. The van der Waals surface area contributed by atoms with Crippen molar-refractivity contribution in [3.8, 4) is 0 Å². The third-order valence-corrected chi connectivity index (χ3v) is 3.36. The lowest BCUT2D eigenvalue weighted by atomic mass is 9.84. The molecule has 1 N–H and O–H groups in total. The van der Waals surface area contributed by atoms with Gasteiger partial charge in [-0.3, -0.25) is 0 Å². The molecule has 0 bridgehead atoms. The first-order chi connectivity index (χ1) is 7.39. The zero-order valence-corrected chi connectivity index (χ0v) is 13.2. The molecule has 0 spiro atoms. The highest BCUT2D eigenvalue weighted by Gasteiger charge is 2.18. The number of thiazole rings is 1. The largest absolute Gasteiger partial charge is 0.311 e. The minimum atomic E-state index is 0. The van der Waals surface area contributed by atoms with Gasteiger partial charge in [0, 0.05) is 18.5 Å². The van der Waals surface area contributed by atoms with Crippen LogP contribution < -0.4 is 5.32 Å². The van der Waals surface area contributed by atoms with Crippen molar-refractivity contribution in [1.29, 1.82) is 0 Å². The smallest absolute Gasteiger partial charge is 0.0897 e. The standard InChI is InChI=1S/C13H24N2S.ClH/c1-10(2)6-13(4,5)9-14-7-12-8-16-11(3)15-12;/h8,10,14H,6-7,9H2,1-5H3;1H. The summed E-state index contributed by atoms with van der Waals surface area (Å²) in [6, 6.07) is 0. The fourth-order valence-electron chi connectivity index (χ4n) is 2.20. The van der Waals surface area contributed by atoms with E-state index < -0.39 is 0 Å². The summed E-state index contributed by atoms with van der Waals surface area (Å²) >= 11 is 1.72. The summed E-state index contributed by atoms with van der Waals surface area (Å²) in [5.41, 5.74) is 1.54. The van der Waals surface area contributed by atoms with Crippen molar-refractivity contribution in [2.45, 2.75) is 47.6 Å². The molecule has 0 saturated heterocycles. The highest BCUT2D eigenvalue weighted by molar-refractivity contribution is 7.09. The molecule has 100 valence electrons. The van der Waals surface area contributed by atoms with Crippen molar-refractivity contribution in [2.24, 2.45) is 11.3 Å². The van der Waals surface area contributed by atoms with E-state index in [1.807, 2.05) is 0 Å². The maximum Gasteiger partial charge on any atom is 0.0897 e. The van der Waals surface area contributed by atoms with E-state index in [0.717, 1.165) is 24.0 Å². The highest BCUT2D eigenvalue weighted by atomic mass is 35.5. The van der Waals surface area contributed by atoms with Crippen molar-refractivity contribution in [2.75, 3.05) is 6.54 Å². The van der Waals surface area contributed by atoms with Crippen LogP contribution in [0.25, 0.3) is 0 Å². The normalized spacial score (nSPS) is 11.6. The van der Waals surface area contributed by atoms with Gasteiger partial charge in [-0.25, -0.2) is 4.98 Å². The first-order valence-electron chi connectivity index (χ1n) is 6.01. The van der Waals surface area contributed by atoms with Crippen LogP contribution in [0.3, 0.4) is 0 Å². The minimum Gasteiger partial charge on any atom is -0.311 e. The average molecular weight is 277 g/mol. The van der Waals surface area contributed by atoms with E-state index in [1.54, 1.807) is 11.3 Å². The second-order valence-corrected chi connectivity index (χ2v) is 6.79. The Balaban J connectivity index is 0.00000256. The van der Waals surface area contributed by atoms with Crippen molar-refractivity contribution >= 4 is 23.7 Å². The SMILES string of the molecule is Cc1nc(CNCC(C)(C)CC(C)C)cs1.Cl. The van der Waals surface area contributed by atoms with Crippen molar-refractivity contribution < 1.29 is 0 Å². The lowest BCUT2D eigenvalue weighted by molar-refractivity contribution is 0.272. The Morgan fingerprint density at radius 3 is 2.53 bits per heavy atom. The molecule has 0 aromatic carbocycles. The molecule has 0 atom stereocenters. The van der Waals surface area contributed by atoms with E-state index in [0.29, 0.717) is 5.41 Å². The lowest BCUT2D eigenvalue weighted by Gasteiger charge is -2.26. The number of aromatic nitrogens is 1. The molecule has 0 unspecified atom stereocenters. The summed E-state index contributed by atoms with van der Waals surface area (Å²) in [4.78, 5) is 4.45. The third kappa shape index (κ3) is 7.02. The van der Waals surface area contributed by atoms with Crippen LogP contribution in [-0.2, 0) is 6.54 Å². The maximum atomic E-state index is 4.45. The Morgan fingerprint density at radius 2 is 2.06 bits per heavy atom. The molecule has 0 aliphatic carbocycles. The van der Waals surface area contributed by atoms with Gasteiger partial charge in [0.05, 0.1) is 10.7 Å². The van der Waals surface area contributed by atoms with Crippen LogP contribution in [0.4, 0.5) is 0 Å². The molecular formula is C13H25ClN2S. The summed E-state index contributed by atoms with van der Waals surface area (Å²) in [6.07, 6.45) is 1.26. The zero-order chi connectivity index (χ0) is 12.2. The van der Waals surface area contributed by atoms with Crippen molar-refractivity contribution in [3.63, 3.8) is 0 Å². The number of aryl methyl sites for hydroxylation is 1. The molecule has 4 heteroatoms. The first-order valence-corrected chi connectivity index (χ1v) is 6.89. The van der Waals surface area contributed by atoms with Crippen LogP contribution in [0.1, 0.15) is 44.8 Å². The van der Waals surface area contributed by atoms with Crippen LogP contribution >= 0.6 is 23.7 Å². The van der Waals surface area contributed by atoms with Gasteiger partial charge in [-0.05, 0) is 24.7 Å². The Bertz CT molecular complexity index is 321. The molecule has 0 fully saturated rings. The van der Waals surface area contributed by atoms with Gasteiger partial charge < -0.3 is 5.32 Å². The Kier molecular flexibility index (Phi) is 7.29. The van der Waals surface area contributed by atoms with Crippen LogP contribution in [0.5, 0.6) is 0 Å². The van der Waals surface area contributed by atoms with Crippen molar-refractivity contribution in [3.05, 3.63) is 16.1 Å². The second-order valence-electron chi connectivity index (χ2n) is 5.72. The highest BCUT2D eigenvalue weighted by Crippen LogP contribution is 2.24. The number of rotatable bonds is 6. The number of hydrogen-bond donors (Lipinski definition) is 1. The quantitative estimate of drug-likeness (QED) is 0.848. The predicted molar refractivity (Wildman–Crippen MR) is 79.0 cm³/mol. The molecule has 17 heavy (non-hydrogen) atoms. The first kappa shape index (κ1) is 16.9. The molecule has 0 aliphatic rings. The van der Waals surface area contributed by atoms with Gasteiger partial charge in [0.15, 0.2) is 0 Å². The molecule has 1 rings (SSSR count). The van der Waals surface area contributed by atoms with E-state index in [-0.39, 0.29) is 12.4 Å². The number of nitrogens with zero attached hydrogens (tertiary/aromatic N) is 1. The average Bonchev–Trinajstić information content (AvgIpc) is 2.48. The van der Waals surface area contributed by atoms with Gasteiger partial charge in [0.2, 0.25) is 0 Å². The molecule has 1 heterocycles. The number of nitrogens with one attached hydrogen (secondary N) is 1. The van der Waals surface area contributed by atoms with Crippen LogP contribution in [-0.4, -0.2) is 11.5 Å². The monoisotopic (exact) mass is 276 g/mol. The van der Waals surface area contributed by atoms with Gasteiger partial charge in [-0.1, -0.05) is 27.7 Å². The number of halogens is 1. The van der Waals surface area contributed by atoms with Gasteiger partial charge in [-0.2, -0.15) is 0 Å². The Labute approximate surface area is 116 Å². The Hall–Kier alpha value is -0.120. The lowest BCUT2D eigenvalue weighted by Crippen LogP contribution is -2.30. The summed E-state index contributed by atoms with van der Waals surface area (Å²) in [7, 11) is 0. The summed E-state index contributed by atoms with van der Waals surface area (Å²) < 4.78 is 0. The van der Waals surface area contributed by atoms with Gasteiger partial charge in [0.1, 0.15) is 0 Å². The molecule has 0 aliphatic heterocycles. The maximum absolute atomic E-state index is 4.45. The van der Waals surface area contributed by atoms with E-state index in [9.17, 15) is 0 Å². The molecule has 1 aromatic heterocycles. The van der Waals surface area contributed by atoms with Gasteiger partial charge in [-0.15, -0.1) is 23.7 Å². The summed E-state index contributed by atoms with van der Waals surface area (Å²) in [5.74, 6) is 0.762. The fraction of sp³-hybridized carbons (Fsp3) is 0.769. The van der Waals surface area contributed by atoms with Crippen LogP contribution in [0.15, 0.2) is 5.38 Å². The zero-order valence-electron chi connectivity index (χ0n) is 11.5. The van der Waals surface area contributed by atoms with Crippen molar-refractivity contribution in [1.82, 2.24) is 10.3 Å². The van der Waals surface area contributed by atoms with Crippen LogP contribution in [0.2, 0.25) is 0 Å². The van der Waals surface area contributed by atoms with Gasteiger partial charge >= 0.3 is 0 Å². The summed E-state index contributed by atoms with van der Waals surface area (Å²) in [6.45, 7) is 13.2. The van der Waals surface area contributed by atoms with Crippen LogP contribution in [0, 0.1) is 18.3 Å². The van der Waals surface area contributed by atoms with E-state index in [2.05, 4.69) is 50.3 Å². The second kappa shape index (κ2) is 7.34. The van der Waals surface area contributed by atoms with E-state index >= 15 is 0 Å². The van der Waals surface area contributed by atoms with E-state index in [1.165, 1.54) is 12.1 Å². The molecule has 1 aromatic rings. The molecule has 0 radical (unpaired) electrons. The van der Waals surface area contributed by atoms with Gasteiger partial charge in [0.25, 0.3) is 0 Å². The molecule has 2 nitrogen and oxygen atoms in total. The predicted octanol–water partition coefficient (Wildman–Crippen LogP) is 4.04. The molecule has 0 amide bonds. The molecular weight excluding hydrogens is 252 g/mol. The number of hydrogen-bond acceptors (Lipinski definition) is 3. The minimum absolute atomic E-state index is 0. The molecule has 0 saturated carbocycles. The fourth-order valence-corrected chi connectivity index (χ4v) is 2.81. The van der Waals surface area contributed by atoms with E-state index in [4.69, 9.17) is 0 Å². The third-order valence-electron chi connectivity index (χ3n) is 2.54. The topological polar surface area (TPSA) is 24.9 Å². The Morgan fingerprint density at radius 1 is 1.41 bits per heavy atom.